The summed E-state index contributed by atoms with van der Waals surface area (Å²) in [5, 5.41) is 1.02. The number of hydrogen-bond donors (Lipinski definition) is 1. The van der Waals surface area contributed by atoms with Gasteiger partial charge in [0, 0.05) is 10.4 Å². The number of thiophene rings is 1. The lowest BCUT2D eigenvalue weighted by Crippen LogP contribution is -2.09. The predicted molar refractivity (Wildman–Crippen MR) is 94.3 cm³/mol. The summed E-state index contributed by atoms with van der Waals surface area (Å²) in [5.74, 6) is 0.796. The van der Waals surface area contributed by atoms with Crippen molar-refractivity contribution in [1.29, 1.82) is 0 Å². The van der Waals surface area contributed by atoms with Gasteiger partial charge in [-0.3, -0.25) is 0 Å². The molecule has 2 heteroatoms. The maximum Gasteiger partial charge on any atom is 0.0942 e. The standard InChI is InChI=1S/C19H25NS/c1-10-6-7-15-16(8-10)21-19(20)18(15)17-13(4)11(2)9-12(3)14(17)5/h9-10H,6-8,20H2,1-5H3. The first-order valence-electron chi connectivity index (χ1n) is 7.88. The average molecular weight is 299 g/mol. The van der Waals surface area contributed by atoms with Crippen molar-refractivity contribution in [2.45, 2.75) is 53.9 Å². The molecule has 1 unspecified atom stereocenters. The molecular formula is C19H25NS. The molecule has 3 rings (SSSR count). The molecule has 0 spiro atoms. The van der Waals surface area contributed by atoms with Crippen molar-refractivity contribution in [3.05, 3.63) is 38.8 Å². The van der Waals surface area contributed by atoms with Gasteiger partial charge in [-0.05, 0) is 86.3 Å². The Bertz CT molecular complexity index is 683. The molecule has 0 radical (unpaired) electrons. The van der Waals surface area contributed by atoms with Crippen molar-refractivity contribution in [2.75, 3.05) is 5.73 Å². The minimum absolute atomic E-state index is 0.796. The zero-order valence-corrected chi connectivity index (χ0v) is 14.6. The Balaban J connectivity index is 2.28. The number of rotatable bonds is 1. The monoisotopic (exact) mass is 299 g/mol. The molecule has 1 nitrogen and oxygen atoms in total. The topological polar surface area (TPSA) is 26.0 Å². The molecule has 0 fully saturated rings. The van der Waals surface area contributed by atoms with Crippen LogP contribution in [0.5, 0.6) is 0 Å². The lowest BCUT2D eigenvalue weighted by atomic mass is 9.83. The molecule has 1 aromatic carbocycles. The van der Waals surface area contributed by atoms with Gasteiger partial charge < -0.3 is 5.73 Å². The van der Waals surface area contributed by atoms with E-state index in [2.05, 4.69) is 40.7 Å². The number of anilines is 1. The van der Waals surface area contributed by atoms with Crippen molar-refractivity contribution in [2.24, 2.45) is 5.92 Å². The van der Waals surface area contributed by atoms with Crippen molar-refractivity contribution >= 4 is 16.3 Å². The Morgan fingerprint density at radius 2 is 1.67 bits per heavy atom. The molecule has 0 aliphatic heterocycles. The number of aryl methyl sites for hydroxylation is 2. The first-order chi connectivity index (χ1) is 9.90. The largest absolute Gasteiger partial charge is 0.390 e. The Labute approximate surface area is 132 Å². The molecule has 1 aliphatic carbocycles. The molecule has 2 N–H and O–H groups in total. The van der Waals surface area contributed by atoms with Crippen LogP contribution in [0.3, 0.4) is 0 Å². The summed E-state index contributed by atoms with van der Waals surface area (Å²) in [6.45, 7) is 11.3. The Morgan fingerprint density at radius 3 is 2.29 bits per heavy atom. The first kappa shape index (κ1) is 14.6. The molecule has 112 valence electrons. The van der Waals surface area contributed by atoms with Crippen LogP contribution < -0.4 is 5.73 Å². The van der Waals surface area contributed by atoms with Gasteiger partial charge in [0.05, 0.1) is 5.00 Å². The van der Waals surface area contributed by atoms with E-state index in [0.29, 0.717) is 0 Å². The summed E-state index contributed by atoms with van der Waals surface area (Å²) in [6, 6.07) is 2.30. The van der Waals surface area contributed by atoms with Gasteiger partial charge in [0.2, 0.25) is 0 Å². The second-order valence-electron chi connectivity index (χ2n) is 6.73. The first-order valence-corrected chi connectivity index (χ1v) is 8.69. The summed E-state index contributed by atoms with van der Waals surface area (Å²) in [5.41, 5.74) is 16.3. The molecule has 2 aromatic rings. The van der Waals surface area contributed by atoms with Gasteiger partial charge in [-0.25, -0.2) is 0 Å². The van der Waals surface area contributed by atoms with E-state index in [4.69, 9.17) is 5.73 Å². The third-order valence-electron chi connectivity index (χ3n) is 5.15. The van der Waals surface area contributed by atoms with E-state index in [1.54, 1.807) is 0 Å². The molecule has 0 saturated heterocycles. The summed E-state index contributed by atoms with van der Waals surface area (Å²) in [6.07, 6.45) is 3.68. The molecule has 1 aliphatic rings. The van der Waals surface area contributed by atoms with Crippen LogP contribution in [-0.2, 0) is 12.8 Å². The number of nitrogens with two attached hydrogens (primary N) is 1. The third kappa shape index (κ3) is 2.30. The van der Waals surface area contributed by atoms with Gasteiger partial charge in [-0.15, -0.1) is 11.3 Å². The maximum atomic E-state index is 6.46. The minimum atomic E-state index is 0.796. The Kier molecular flexibility index (Phi) is 3.61. The van der Waals surface area contributed by atoms with Crippen molar-refractivity contribution < 1.29 is 0 Å². The smallest absolute Gasteiger partial charge is 0.0942 e. The van der Waals surface area contributed by atoms with Gasteiger partial charge in [0.15, 0.2) is 0 Å². The van der Waals surface area contributed by atoms with E-state index < -0.39 is 0 Å². The fourth-order valence-corrected chi connectivity index (χ4v) is 4.93. The molecule has 0 bridgehead atoms. The fourth-order valence-electron chi connectivity index (χ4n) is 3.64. The van der Waals surface area contributed by atoms with E-state index in [0.717, 1.165) is 10.9 Å². The van der Waals surface area contributed by atoms with Crippen molar-refractivity contribution in [3.63, 3.8) is 0 Å². The third-order valence-corrected chi connectivity index (χ3v) is 6.24. The summed E-state index contributed by atoms with van der Waals surface area (Å²) in [4.78, 5) is 1.53. The van der Waals surface area contributed by atoms with E-state index in [1.165, 1.54) is 63.1 Å². The van der Waals surface area contributed by atoms with E-state index in [9.17, 15) is 0 Å². The van der Waals surface area contributed by atoms with Gasteiger partial charge in [-0.2, -0.15) is 0 Å². The highest BCUT2D eigenvalue weighted by molar-refractivity contribution is 7.16. The minimum Gasteiger partial charge on any atom is -0.390 e. The van der Waals surface area contributed by atoms with Crippen LogP contribution in [0.15, 0.2) is 6.07 Å². The number of benzene rings is 1. The highest BCUT2D eigenvalue weighted by atomic mass is 32.1. The van der Waals surface area contributed by atoms with Crippen LogP contribution in [-0.4, -0.2) is 0 Å². The summed E-state index contributed by atoms with van der Waals surface area (Å²) >= 11 is 1.82. The number of hydrogen-bond acceptors (Lipinski definition) is 2. The van der Waals surface area contributed by atoms with Crippen molar-refractivity contribution in [1.82, 2.24) is 0 Å². The van der Waals surface area contributed by atoms with Gasteiger partial charge in [0.25, 0.3) is 0 Å². The molecule has 0 saturated carbocycles. The maximum absolute atomic E-state index is 6.46. The fraction of sp³-hybridized carbons (Fsp3) is 0.474. The molecule has 1 aromatic heterocycles. The SMILES string of the molecule is Cc1cc(C)c(C)c(-c2c(N)sc3c2CCC(C)C3)c1C. The predicted octanol–water partition coefficient (Wildman–Crippen LogP) is 5.36. The van der Waals surface area contributed by atoms with Gasteiger partial charge in [0.1, 0.15) is 0 Å². The lowest BCUT2D eigenvalue weighted by Gasteiger charge is -2.21. The molecule has 1 atom stereocenters. The number of fused-ring (bicyclic) bond motifs is 1. The zero-order chi connectivity index (χ0) is 15.3. The zero-order valence-electron chi connectivity index (χ0n) is 13.8. The summed E-state index contributed by atoms with van der Waals surface area (Å²) in [7, 11) is 0. The van der Waals surface area contributed by atoms with Crippen LogP contribution in [0.1, 0.15) is 46.0 Å². The second-order valence-corrected chi connectivity index (χ2v) is 7.86. The summed E-state index contributed by atoms with van der Waals surface area (Å²) < 4.78 is 0. The van der Waals surface area contributed by atoms with E-state index in [1.807, 2.05) is 11.3 Å². The van der Waals surface area contributed by atoms with Crippen LogP contribution in [0.4, 0.5) is 5.00 Å². The lowest BCUT2D eigenvalue weighted by molar-refractivity contribution is 0.508. The van der Waals surface area contributed by atoms with Crippen molar-refractivity contribution in [3.8, 4) is 11.1 Å². The number of nitrogen functional groups attached to an aromatic ring is 1. The van der Waals surface area contributed by atoms with Crippen LogP contribution in [0.25, 0.3) is 11.1 Å². The van der Waals surface area contributed by atoms with E-state index >= 15 is 0 Å². The molecule has 1 heterocycles. The van der Waals surface area contributed by atoms with Crippen LogP contribution >= 0.6 is 11.3 Å². The molecular weight excluding hydrogens is 274 g/mol. The highest BCUT2D eigenvalue weighted by Crippen LogP contribution is 2.46. The Hall–Kier alpha value is -1.28. The van der Waals surface area contributed by atoms with Crippen LogP contribution in [0, 0.1) is 33.6 Å². The normalized spacial score (nSPS) is 17.9. The Morgan fingerprint density at radius 1 is 1.05 bits per heavy atom. The van der Waals surface area contributed by atoms with Crippen LogP contribution in [0.2, 0.25) is 0 Å². The molecule has 21 heavy (non-hydrogen) atoms. The molecule has 0 amide bonds. The average Bonchev–Trinajstić information content (AvgIpc) is 2.73. The van der Waals surface area contributed by atoms with Gasteiger partial charge in [-0.1, -0.05) is 13.0 Å². The highest BCUT2D eigenvalue weighted by Gasteiger charge is 2.25. The van der Waals surface area contributed by atoms with E-state index in [-0.39, 0.29) is 0 Å². The van der Waals surface area contributed by atoms with Gasteiger partial charge >= 0.3 is 0 Å². The quantitative estimate of drug-likeness (QED) is 0.754. The second kappa shape index (κ2) is 5.17.